The number of ether oxygens (including phenoxy) is 1. The summed E-state index contributed by atoms with van der Waals surface area (Å²) < 4.78 is 5.29. The van der Waals surface area contributed by atoms with Gasteiger partial charge in [0, 0.05) is 6.08 Å². The third-order valence-electron chi connectivity index (χ3n) is 4.00. The van der Waals surface area contributed by atoms with Gasteiger partial charge in [-0.1, -0.05) is 42.5 Å². The summed E-state index contributed by atoms with van der Waals surface area (Å²) in [6.07, 6.45) is 1.04. The van der Waals surface area contributed by atoms with E-state index in [-0.39, 0.29) is 0 Å². The number of aliphatic hydroxyl groups excluding tert-OH is 1. The van der Waals surface area contributed by atoms with E-state index in [0.717, 1.165) is 15.7 Å². The zero-order valence-electron chi connectivity index (χ0n) is 14.5. The van der Waals surface area contributed by atoms with E-state index in [1.807, 2.05) is 36.4 Å². The van der Waals surface area contributed by atoms with Crippen molar-refractivity contribution in [2.24, 2.45) is 0 Å². The number of nitrogens with zero attached hydrogens (tertiary/aromatic N) is 1. The Kier molecular flexibility index (Phi) is 4.35. The van der Waals surface area contributed by atoms with E-state index in [2.05, 4.69) is 0 Å². The van der Waals surface area contributed by atoms with Crippen LogP contribution >= 0.6 is 0 Å². The molecule has 5 heteroatoms. The van der Waals surface area contributed by atoms with E-state index in [1.165, 1.54) is 12.2 Å². The largest absolute Gasteiger partial charge is 0.443 e. The van der Waals surface area contributed by atoms with Gasteiger partial charge in [-0.2, -0.15) is 0 Å². The SMILES string of the molecule is CC(C)(C)OC(=O)N1C(=O)C=C[C@@H]1[C@@H](O)c1ccc2ccccc2c1. The summed E-state index contributed by atoms with van der Waals surface area (Å²) in [6.45, 7) is 5.19. The molecular weight excluding hydrogens is 318 g/mol. The molecule has 5 nitrogen and oxygen atoms in total. The Morgan fingerprint density at radius 3 is 2.52 bits per heavy atom. The lowest BCUT2D eigenvalue weighted by molar-refractivity contribution is -0.126. The van der Waals surface area contributed by atoms with Gasteiger partial charge < -0.3 is 9.84 Å². The maximum absolute atomic E-state index is 12.4. The first-order valence-electron chi connectivity index (χ1n) is 8.17. The van der Waals surface area contributed by atoms with Crippen molar-refractivity contribution in [2.75, 3.05) is 0 Å². The van der Waals surface area contributed by atoms with E-state index in [4.69, 9.17) is 4.74 Å². The van der Waals surface area contributed by atoms with Crippen molar-refractivity contribution in [3.63, 3.8) is 0 Å². The summed E-state index contributed by atoms with van der Waals surface area (Å²) in [5.41, 5.74) is -0.0881. The van der Waals surface area contributed by atoms with E-state index < -0.39 is 29.7 Å². The topological polar surface area (TPSA) is 66.8 Å². The van der Waals surface area contributed by atoms with Crippen LogP contribution in [0.15, 0.2) is 54.6 Å². The van der Waals surface area contributed by atoms with Crippen molar-refractivity contribution < 1.29 is 19.4 Å². The molecule has 130 valence electrons. The second-order valence-corrected chi connectivity index (χ2v) is 7.09. The Balaban J connectivity index is 1.88. The highest BCUT2D eigenvalue weighted by Crippen LogP contribution is 2.29. The van der Waals surface area contributed by atoms with Gasteiger partial charge in [-0.25, -0.2) is 9.69 Å². The second-order valence-electron chi connectivity index (χ2n) is 7.09. The number of carbonyl (C=O) groups is 2. The number of hydrogen-bond donors (Lipinski definition) is 1. The number of hydrogen-bond acceptors (Lipinski definition) is 4. The summed E-state index contributed by atoms with van der Waals surface area (Å²) in [5.74, 6) is -0.487. The molecule has 1 heterocycles. The minimum atomic E-state index is -1.03. The molecule has 2 aromatic carbocycles. The maximum atomic E-state index is 12.4. The van der Waals surface area contributed by atoms with E-state index in [0.29, 0.717) is 5.56 Å². The van der Waals surface area contributed by atoms with Gasteiger partial charge in [0.15, 0.2) is 0 Å². The molecule has 3 rings (SSSR count). The second kappa shape index (κ2) is 6.33. The average molecular weight is 339 g/mol. The monoisotopic (exact) mass is 339 g/mol. The predicted molar refractivity (Wildman–Crippen MR) is 94.9 cm³/mol. The van der Waals surface area contributed by atoms with Crippen LogP contribution in [0.2, 0.25) is 0 Å². The summed E-state index contributed by atoms with van der Waals surface area (Å²) in [5, 5.41) is 12.8. The number of imide groups is 1. The van der Waals surface area contributed by atoms with Crippen LogP contribution in [0.5, 0.6) is 0 Å². The fraction of sp³-hybridized carbons (Fsp3) is 0.300. The van der Waals surface area contributed by atoms with Crippen LogP contribution in [0, 0.1) is 0 Å². The Bertz CT molecular complexity index is 850. The van der Waals surface area contributed by atoms with Crippen molar-refractivity contribution >= 4 is 22.8 Å². The van der Waals surface area contributed by atoms with Gasteiger partial charge in [0.2, 0.25) is 0 Å². The van der Waals surface area contributed by atoms with Gasteiger partial charge in [0.1, 0.15) is 11.7 Å². The van der Waals surface area contributed by atoms with E-state index >= 15 is 0 Å². The number of amides is 2. The Morgan fingerprint density at radius 1 is 1.16 bits per heavy atom. The summed E-state index contributed by atoms with van der Waals surface area (Å²) >= 11 is 0. The molecule has 0 aliphatic carbocycles. The molecule has 25 heavy (non-hydrogen) atoms. The molecule has 0 fully saturated rings. The predicted octanol–water partition coefficient (Wildman–Crippen LogP) is 3.58. The molecule has 2 amide bonds. The van der Waals surface area contributed by atoms with Crippen molar-refractivity contribution in [1.29, 1.82) is 0 Å². The lowest BCUT2D eigenvalue weighted by Crippen LogP contribution is -2.45. The van der Waals surface area contributed by atoms with Crippen molar-refractivity contribution in [2.45, 2.75) is 38.5 Å². The summed E-state index contributed by atoms with van der Waals surface area (Å²) in [7, 11) is 0. The summed E-state index contributed by atoms with van der Waals surface area (Å²) in [6, 6.07) is 12.6. The van der Waals surface area contributed by atoms with Gasteiger partial charge in [-0.3, -0.25) is 4.79 Å². The molecule has 0 spiro atoms. The molecule has 0 aromatic heterocycles. The molecule has 0 saturated carbocycles. The third-order valence-corrected chi connectivity index (χ3v) is 4.00. The molecular formula is C20H21NO4. The number of benzene rings is 2. The van der Waals surface area contributed by atoms with Gasteiger partial charge in [0.25, 0.3) is 5.91 Å². The molecule has 0 unspecified atom stereocenters. The van der Waals surface area contributed by atoms with Crippen LogP contribution in [0.3, 0.4) is 0 Å². The molecule has 2 atom stereocenters. The van der Waals surface area contributed by atoms with Crippen LogP contribution in [-0.2, 0) is 9.53 Å². The lowest BCUT2D eigenvalue weighted by Gasteiger charge is -2.29. The Labute approximate surface area is 146 Å². The highest BCUT2D eigenvalue weighted by Gasteiger charge is 2.39. The standard InChI is InChI=1S/C20H21NO4/c1-20(2,3)25-19(24)21-16(10-11-17(21)22)18(23)15-9-8-13-6-4-5-7-14(13)12-15/h4-12,16,18,23H,1-3H3/t16-,18+/m1/s1. The molecule has 0 saturated heterocycles. The molecule has 1 N–H and O–H groups in total. The zero-order chi connectivity index (χ0) is 18.2. The van der Waals surface area contributed by atoms with E-state index in [9.17, 15) is 14.7 Å². The van der Waals surface area contributed by atoms with Gasteiger partial charge in [-0.15, -0.1) is 0 Å². The van der Waals surface area contributed by atoms with Crippen molar-refractivity contribution in [1.82, 2.24) is 4.90 Å². The van der Waals surface area contributed by atoms with Crippen LogP contribution in [0.4, 0.5) is 4.79 Å². The fourth-order valence-electron chi connectivity index (χ4n) is 2.85. The van der Waals surface area contributed by atoms with Gasteiger partial charge in [-0.05, 0) is 43.2 Å². The fourth-order valence-corrected chi connectivity index (χ4v) is 2.85. The van der Waals surface area contributed by atoms with Gasteiger partial charge in [0.05, 0.1) is 6.04 Å². The lowest BCUT2D eigenvalue weighted by atomic mass is 9.99. The molecule has 1 aliphatic heterocycles. The van der Waals surface area contributed by atoms with Crippen LogP contribution in [-0.4, -0.2) is 33.6 Å². The number of fused-ring (bicyclic) bond motifs is 1. The van der Waals surface area contributed by atoms with Crippen LogP contribution in [0.1, 0.15) is 32.4 Å². The molecule has 0 radical (unpaired) electrons. The minimum absolute atomic E-state index is 0.487. The highest BCUT2D eigenvalue weighted by molar-refractivity contribution is 6.01. The van der Waals surface area contributed by atoms with E-state index in [1.54, 1.807) is 26.8 Å². The highest BCUT2D eigenvalue weighted by atomic mass is 16.6. The van der Waals surface area contributed by atoms with Crippen molar-refractivity contribution in [3.8, 4) is 0 Å². The Morgan fingerprint density at radius 2 is 1.84 bits per heavy atom. The minimum Gasteiger partial charge on any atom is -0.443 e. The molecule has 1 aliphatic rings. The third kappa shape index (κ3) is 3.56. The van der Waals surface area contributed by atoms with Crippen LogP contribution < -0.4 is 0 Å². The molecule has 0 bridgehead atoms. The van der Waals surface area contributed by atoms with Gasteiger partial charge >= 0.3 is 6.09 Å². The quantitative estimate of drug-likeness (QED) is 0.908. The number of rotatable bonds is 2. The first-order chi connectivity index (χ1) is 11.8. The first-order valence-corrected chi connectivity index (χ1v) is 8.17. The first kappa shape index (κ1) is 17.2. The zero-order valence-corrected chi connectivity index (χ0v) is 14.5. The Hall–Kier alpha value is -2.66. The van der Waals surface area contributed by atoms with Crippen LogP contribution in [0.25, 0.3) is 10.8 Å². The number of carbonyl (C=O) groups excluding carboxylic acids is 2. The number of aliphatic hydroxyl groups is 1. The van der Waals surface area contributed by atoms with Crippen molar-refractivity contribution in [3.05, 3.63) is 60.2 Å². The maximum Gasteiger partial charge on any atom is 0.417 e. The normalized spacial score (nSPS) is 18.6. The molecule has 2 aromatic rings. The summed E-state index contributed by atoms with van der Waals surface area (Å²) in [4.78, 5) is 25.4. The average Bonchev–Trinajstić information content (AvgIpc) is 2.94. The smallest absolute Gasteiger partial charge is 0.417 e.